The first-order chi connectivity index (χ1) is 9.92. The monoisotopic (exact) mass is 349 g/mol. The highest BCUT2D eigenvalue weighted by atomic mass is 35.5. The zero-order valence-corrected chi connectivity index (χ0v) is 15.0. The molecule has 0 amide bonds. The number of hydrogen-bond acceptors (Lipinski definition) is 5. The Morgan fingerprint density at radius 3 is 1.83 bits per heavy atom. The summed E-state index contributed by atoms with van der Waals surface area (Å²) >= 11 is 0. The zero-order chi connectivity index (χ0) is 17.5. The van der Waals surface area contributed by atoms with Crippen molar-refractivity contribution in [3.05, 3.63) is 23.8 Å². The second-order valence-corrected chi connectivity index (χ2v) is 6.42. The number of halogens is 1. The highest BCUT2D eigenvalue weighted by Gasteiger charge is 2.14. The van der Waals surface area contributed by atoms with Crippen LogP contribution in [0.25, 0.3) is 0 Å². The van der Waals surface area contributed by atoms with Crippen LogP contribution >= 0.6 is 12.4 Å². The van der Waals surface area contributed by atoms with Gasteiger partial charge in [0.2, 0.25) is 0 Å². The van der Waals surface area contributed by atoms with Gasteiger partial charge in [-0.3, -0.25) is 4.79 Å². The molecule has 0 saturated heterocycles. The van der Waals surface area contributed by atoms with Crippen LogP contribution in [0.15, 0.2) is 18.2 Å². The molecule has 0 saturated carbocycles. The van der Waals surface area contributed by atoms with E-state index in [1.165, 1.54) is 18.2 Å². The molecule has 0 fully saturated rings. The van der Waals surface area contributed by atoms with Crippen molar-refractivity contribution < 1.29 is 25.2 Å². The van der Waals surface area contributed by atoms with Crippen molar-refractivity contribution in [2.75, 3.05) is 6.54 Å². The van der Waals surface area contributed by atoms with E-state index < -0.39 is 12.1 Å². The van der Waals surface area contributed by atoms with Crippen molar-refractivity contribution >= 4 is 18.4 Å². The highest BCUT2D eigenvalue weighted by molar-refractivity contribution is 5.85. The summed E-state index contributed by atoms with van der Waals surface area (Å²) in [6.45, 7) is 9.65. The molecule has 0 aliphatic rings. The van der Waals surface area contributed by atoms with Crippen LogP contribution in [0, 0.1) is 5.92 Å². The van der Waals surface area contributed by atoms with E-state index in [4.69, 9.17) is 5.11 Å². The molecular formula is C16H28ClNO5. The molecule has 0 aliphatic carbocycles. The van der Waals surface area contributed by atoms with Gasteiger partial charge >= 0.3 is 5.97 Å². The number of aliphatic hydroxyl groups excluding tert-OH is 1. The van der Waals surface area contributed by atoms with Crippen LogP contribution in [0.3, 0.4) is 0 Å². The number of aliphatic hydroxyl groups is 1. The Balaban J connectivity index is 0. The van der Waals surface area contributed by atoms with E-state index in [-0.39, 0.29) is 35.4 Å². The summed E-state index contributed by atoms with van der Waals surface area (Å²) in [5, 5.41) is 39.5. The maximum atomic E-state index is 9.85. The van der Waals surface area contributed by atoms with Crippen LogP contribution in [-0.4, -0.2) is 38.5 Å². The number of phenolic OH excluding ortho intramolecular Hbond substituents is 2. The highest BCUT2D eigenvalue weighted by Crippen LogP contribution is 2.24. The van der Waals surface area contributed by atoms with Gasteiger partial charge in [0.1, 0.15) is 11.5 Å². The van der Waals surface area contributed by atoms with E-state index >= 15 is 0 Å². The van der Waals surface area contributed by atoms with E-state index in [2.05, 4.69) is 5.32 Å². The van der Waals surface area contributed by atoms with E-state index in [9.17, 15) is 20.1 Å². The molecule has 0 radical (unpaired) electrons. The molecule has 1 atom stereocenters. The first-order valence-electron chi connectivity index (χ1n) is 7.11. The number of hydrogen-bond donors (Lipinski definition) is 5. The van der Waals surface area contributed by atoms with E-state index in [0.717, 1.165) is 0 Å². The number of phenols is 2. The third-order valence-electron chi connectivity index (χ3n) is 2.63. The Morgan fingerprint density at radius 2 is 1.52 bits per heavy atom. The lowest BCUT2D eigenvalue weighted by Gasteiger charge is -2.23. The van der Waals surface area contributed by atoms with Crippen molar-refractivity contribution in [2.24, 2.45) is 5.92 Å². The number of aliphatic carboxylic acids is 1. The molecule has 0 aliphatic heterocycles. The van der Waals surface area contributed by atoms with Crippen LogP contribution in [0.5, 0.6) is 11.5 Å². The van der Waals surface area contributed by atoms with Crippen LogP contribution in [0.2, 0.25) is 0 Å². The van der Waals surface area contributed by atoms with Crippen molar-refractivity contribution in [1.29, 1.82) is 0 Å². The minimum absolute atomic E-state index is 0. The summed E-state index contributed by atoms with van der Waals surface area (Å²) in [5.41, 5.74) is 0.411. The van der Waals surface area contributed by atoms with E-state index in [0.29, 0.717) is 12.1 Å². The molecule has 1 unspecified atom stereocenters. The average Bonchev–Trinajstić information content (AvgIpc) is 2.34. The molecule has 134 valence electrons. The first kappa shape index (κ1) is 23.8. The lowest BCUT2D eigenvalue weighted by atomic mass is 10.1. The second-order valence-electron chi connectivity index (χ2n) is 6.42. The second kappa shape index (κ2) is 10.3. The number of rotatable bonds is 4. The van der Waals surface area contributed by atoms with Crippen LogP contribution < -0.4 is 5.32 Å². The van der Waals surface area contributed by atoms with Crippen LogP contribution in [0.4, 0.5) is 0 Å². The van der Waals surface area contributed by atoms with Crippen LogP contribution in [-0.2, 0) is 4.79 Å². The predicted molar refractivity (Wildman–Crippen MR) is 92.2 cm³/mol. The van der Waals surface area contributed by atoms with Gasteiger partial charge in [-0.15, -0.1) is 12.4 Å². The van der Waals surface area contributed by atoms with Gasteiger partial charge in [-0.05, 0) is 38.5 Å². The largest absolute Gasteiger partial charge is 0.508 e. The fraction of sp³-hybridized carbons (Fsp3) is 0.562. The average molecular weight is 350 g/mol. The maximum Gasteiger partial charge on any atom is 0.305 e. The lowest BCUT2D eigenvalue weighted by Crippen LogP contribution is -2.38. The fourth-order valence-electron chi connectivity index (χ4n) is 1.33. The minimum Gasteiger partial charge on any atom is -0.508 e. The molecule has 5 N–H and O–H groups in total. The molecule has 1 aromatic carbocycles. The molecule has 0 spiro atoms. The Morgan fingerprint density at radius 1 is 1.13 bits per heavy atom. The summed E-state index contributed by atoms with van der Waals surface area (Å²) in [7, 11) is 0. The van der Waals surface area contributed by atoms with Gasteiger partial charge in [0.15, 0.2) is 0 Å². The summed E-state index contributed by atoms with van der Waals surface area (Å²) in [6.07, 6.45) is -0.753. The number of carbonyl (C=O) groups is 1. The number of nitrogens with one attached hydrogen (secondary N) is 1. The van der Waals surface area contributed by atoms with Crippen LogP contribution in [0.1, 0.15) is 46.3 Å². The molecule has 7 heteroatoms. The van der Waals surface area contributed by atoms with Gasteiger partial charge < -0.3 is 25.7 Å². The standard InChI is InChI=1S/C12H19NO3.C4H8O2.ClH/c1-12(2,3)13-7-11(16)8-4-9(14)6-10(15)5-8;1-3(2)4(5)6;/h4-6,11,13-16H,7H2,1-3H3;3H,1-2H3,(H,5,6);1H. The first-order valence-corrected chi connectivity index (χ1v) is 7.11. The third-order valence-corrected chi connectivity index (χ3v) is 2.63. The molecule has 6 nitrogen and oxygen atoms in total. The topological polar surface area (TPSA) is 110 Å². The van der Waals surface area contributed by atoms with Crippen molar-refractivity contribution in [1.82, 2.24) is 5.32 Å². The number of benzene rings is 1. The van der Waals surface area contributed by atoms with Crippen molar-refractivity contribution in [2.45, 2.75) is 46.3 Å². The maximum absolute atomic E-state index is 9.85. The van der Waals surface area contributed by atoms with Gasteiger partial charge in [-0.1, -0.05) is 13.8 Å². The Bertz CT molecular complexity index is 466. The molecule has 0 aromatic heterocycles. The number of aromatic hydroxyl groups is 2. The molecule has 23 heavy (non-hydrogen) atoms. The molecular weight excluding hydrogens is 322 g/mol. The zero-order valence-electron chi connectivity index (χ0n) is 14.2. The molecule has 0 heterocycles. The summed E-state index contributed by atoms with van der Waals surface area (Å²) in [6, 6.07) is 4.11. The van der Waals surface area contributed by atoms with Gasteiger partial charge in [0.05, 0.1) is 12.0 Å². The fourth-order valence-corrected chi connectivity index (χ4v) is 1.33. The summed E-state index contributed by atoms with van der Waals surface area (Å²) in [4.78, 5) is 9.70. The van der Waals surface area contributed by atoms with Crippen molar-refractivity contribution in [3.8, 4) is 11.5 Å². The third kappa shape index (κ3) is 11.7. The van der Waals surface area contributed by atoms with Gasteiger partial charge in [0.25, 0.3) is 0 Å². The van der Waals surface area contributed by atoms with Crippen molar-refractivity contribution in [3.63, 3.8) is 0 Å². The lowest BCUT2D eigenvalue weighted by molar-refractivity contribution is -0.140. The summed E-state index contributed by atoms with van der Waals surface area (Å²) < 4.78 is 0. The molecule has 1 rings (SSSR count). The normalized spacial score (nSPS) is 12.0. The minimum atomic E-state index is -0.753. The smallest absolute Gasteiger partial charge is 0.305 e. The van der Waals surface area contributed by atoms with Gasteiger partial charge in [-0.2, -0.15) is 0 Å². The number of carboxylic acids is 1. The molecule has 0 bridgehead atoms. The number of carboxylic acid groups (broad SMARTS) is 1. The summed E-state index contributed by atoms with van der Waals surface area (Å²) in [5.74, 6) is -1.07. The van der Waals surface area contributed by atoms with Gasteiger partial charge in [-0.25, -0.2) is 0 Å². The Hall–Kier alpha value is -1.50. The SMILES string of the molecule is CC(C)(C)NCC(O)c1cc(O)cc(O)c1.CC(C)C(=O)O.Cl. The Labute approximate surface area is 143 Å². The number of β-amino-alcohol motifs (C(OH)–C–C–N with tert-alkyl or cyclic N) is 1. The Kier molecular flexibility index (Phi) is 10.6. The predicted octanol–water partition coefficient (Wildman–Crippen LogP) is 2.67. The van der Waals surface area contributed by atoms with Gasteiger partial charge in [0, 0.05) is 18.2 Å². The molecule has 1 aromatic rings. The quantitative estimate of drug-likeness (QED) is 0.571. The van der Waals surface area contributed by atoms with E-state index in [1.807, 2.05) is 20.8 Å². The van der Waals surface area contributed by atoms with E-state index in [1.54, 1.807) is 13.8 Å².